The van der Waals surface area contributed by atoms with Crippen molar-refractivity contribution in [3.05, 3.63) is 45.7 Å². The van der Waals surface area contributed by atoms with Crippen LogP contribution < -0.4 is 5.14 Å². The van der Waals surface area contributed by atoms with Crippen LogP contribution in [0.3, 0.4) is 0 Å². The van der Waals surface area contributed by atoms with Crippen molar-refractivity contribution in [2.45, 2.75) is 11.8 Å². The second-order valence-electron chi connectivity index (χ2n) is 4.91. The van der Waals surface area contributed by atoms with Gasteiger partial charge < -0.3 is 4.74 Å². The van der Waals surface area contributed by atoms with Crippen LogP contribution in [-0.4, -0.2) is 26.0 Å². The molecule has 0 aliphatic carbocycles. The molecule has 0 radical (unpaired) electrons. The van der Waals surface area contributed by atoms with Gasteiger partial charge in [-0.15, -0.1) is 11.3 Å². The van der Waals surface area contributed by atoms with E-state index >= 15 is 0 Å². The molecule has 9 heteroatoms. The third kappa shape index (κ3) is 2.90. The van der Waals surface area contributed by atoms with Gasteiger partial charge in [0.25, 0.3) is 0 Å². The third-order valence-electron chi connectivity index (χ3n) is 3.27. The number of thiazole rings is 1. The molecule has 2 N–H and O–H groups in total. The summed E-state index contributed by atoms with van der Waals surface area (Å²) in [7, 11) is -4.15. The van der Waals surface area contributed by atoms with Crippen molar-refractivity contribution in [3.63, 3.8) is 0 Å². The molecule has 0 unspecified atom stereocenters. The average Bonchev–Trinajstić information content (AvgIpc) is 3.03. The van der Waals surface area contributed by atoms with Gasteiger partial charge >= 0.3 is 5.97 Å². The Labute approximate surface area is 135 Å². The summed E-state index contributed by atoms with van der Waals surface area (Å²) in [5.74, 6) is -1.52. The van der Waals surface area contributed by atoms with Gasteiger partial charge in [-0.2, -0.15) is 0 Å². The Morgan fingerprint density at radius 1 is 1.39 bits per heavy atom. The SMILES string of the molecule is Cc1csc(C2=C(c3ccc(S(N)(=O)=O)c(F)c3)COC2=O)n1. The zero-order valence-corrected chi connectivity index (χ0v) is 13.5. The van der Waals surface area contributed by atoms with E-state index in [1.807, 2.05) is 0 Å². The lowest BCUT2D eigenvalue weighted by atomic mass is 10.0. The quantitative estimate of drug-likeness (QED) is 0.846. The Bertz CT molecular complexity index is 947. The van der Waals surface area contributed by atoms with Crippen molar-refractivity contribution in [2.24, 2.45) is 5.14 Å². The predicted molar refractivity (Wildman–Crippen MR) is 82.4 cm³/mol. The maximum atomic E-state index is 14.0. The van der Waals surface area contributed by atoms with Crippen LogP contribution in [-0.2, 0) is 19.6 Å². The summed E-state index contributed by atoms with van der Waals surface area (Å²) in [5, 5.41) is 7.21. The minimum absolute atomic E-state index is 0.0268. The molecule has 0 spiro atoms. The number of primary sulfonamides is 1. The van der Waals surface area contributed by atoms with E-state index in [1.165, 1.54) is 17.4 Å². The molecule has 120 valence electrons. The van der Waals surface area contributed by atoms with E-state index in [-0.39, 0.29) is 12.2 Å². The fraction of sp³-hybridized carbons (Fsp3) is 0.143. The van der Waals surface area contributed by atoms with Crippen LogP contribution in [0.1, 0.15) is 16.3 Å². The van der Waals surface area contributed by atoms with E-state index in [1.54, 1.807) is 12.3 Å². The summed E-state index contributed by atoms with van der Waals surface area (Å²) in [6.45, 7) is 1.77. The van der Waals surface area contributed by atoms with Crippen LogP contribution in [0.25, 0.3) is 11.1 Å². The number of aryl methyl sites for hydroxylation is 1. The van der Waals surface area contributed by atoms with Gasteiger partial charge in [0.15, 0.2) is 0 Å². The Kier molecular flexibility index (Phi) is 3.78. The molecule has 1 aromatic heterocycles. The number of esters is 1. The van der Waals surface area contributed by atoms with Crippen molar-refractivity contribution < 1.29 is 22.3 Å². The smallest absolute Gasteiger partial charge is 0.341 e. The standard InChI is InChI=1S/C14H11FN2O4S2/c1-7-6-22-13(17-7)12-9(5-21-14(12)18)8-2-3-11(10(15)4-8)23(16,19)20/h2-4,6H,5H2,1H3,(H2,16,19,20). The number of cyclic esters (lactones) is 1. The number of carbonyl (C=O) groups excluding carboxylic acids is 1. The molecule has 0 fully saturated rings. The van der Waals surface area contributed by atoms with Gasteiger partial charge in [-0.05, 0) is 24.6 Å². The van der Waals surface area contributed by atoms with E-state index < -0.39 is 26.7 Å². The number of aromatic nitrogens is 1. The molecule has 2 aromatic rings. The largest absolute Gasteiger partial charge is 0.457 e. The molecular formula is C14H11FN2O4S2. The number of rotatable bonds is 3. The van der Waals surface area contributed by atoms with Crippen LogP contribution in [0.5, 0.6) is 0 Å². The summed E-state index contributed by atoms with van der Waals surface area (Å²) in [4.78, 5) is 15.6. The molecule has 2 heterocycles. The minimum Gasteiger partial charge on any atom is -0.457 e. The highest BCUT2D eigenvalue weighted by Gasteiger charge is 2.30. The van der Waals surface area contributed by atoms with Crippen LogP contribution in [0, 0.1) is 12.7 Å². The number of nitrogens with two attached hydrogens (primary N) is 1. The van der Waals surface area contributed by atoms with Crippen molar-refractivity contribution in [1.29, 1.82) is 0 Å². The Morgan fingerprint density at radius 2 is 2.13 bits per heavy atom. The summed E-state index contributed by atoms with van der Waals surface area (Å²) in [6, 6.07) is 3.48. The van der Waals surface area contributed by atoms with Crippen molar-refractivity contribution >= 4 is 38.5 Å². The maximum absolute atomic E-state index is 14.0. The highest BCUT2D eigenvalue weighted by molar-refractivity contribution is 7.89. The van der Waals surface area contributed by atoms with Gasteiger partial charge in [0, 0.05) is 16.6 Å². The van der Waals surface area contributed by atoms with Crippen LogP contribution in [0.2, 0.25) is 0 Å². The Balaban J connectivity index is 2.14. The highest BCUT2D eigenvalue weighted by atomic mass is 32.2. The lowest BCUT2D eigenvalue weighted by Crippen LogP contribution is -2.14. The number of carbonyl (C=O) groups is 1. The molecular weight excluding hydrogens is 343 g/mol. The molecule has 0 saturated heterocycles. The van der Waals surface area contributed by atoms with E-state index in [0.717, 1.165) is 17.8 Å². The molecule has 0 bridgehead atoms. The molecule has 6 nitrogen and oxygen atoms in total. The second-order valence-corrected chi connectivity index (χ2v) is 7.30. The molecule has 1 aliphatic heterocycles. The zero-order valence-electron chi connectivity index (χ0n) is 11.9. The van der Waals surface area contributed by atoms with Gasteiger partial charge in [0.2, 0.25) is 10.0 Å². The number of halogens is 1. The summed E-state index contributed by atoms with van der Waals surface area (Å²) in [6.07, 6.45) is 0. The summed E-state index contributed by atoms with van der Waals surface area (Å²) < 4.78 is 41.6. The lowest BCUT2D eigenvalue weighted by Gasteiger charge is -2.05. The third-order valence-corrected chi connectivity index (χ3v) is 5.20. The van der Waals surface area contributed by atoms with Gasteiger partial charge in [-0.25, -0.2) is 27.7 Å². The molecule has 0 saturated carbocycles. The normalized spacial score (nSPS) is 15.2. The van der Waals surface area contributed by atoms with Gasteiger partial charge in [0.1, 0.15) is 27.9 Å². The van der Waals surface area contributed by atoms with E-state index in [0.29, 0.717) is 16.1 Å². The van der Waals surface area contributed by atoms with Crippen LogP contribution >= 0.6 is 11.3 Å². The van der Waals surface area contributed by atoms with Gasteiger partial charge in [-0.3, -0.25) is 0 Å². The first-order valence-electron chi connectivity index (χ1n) is 6.43. The monoisotopic (exact) mass is 354 g/mol. The molecule has 3 rings (SSSR count). The first-order chi connectivity index (χ1) is 10.8. The van der Waals surface area contributed by atoms with Crippen molar-refractivity contribution in [2.75, 3.05) is 6.61 Å². The molecule has 1 aliphatic rings. The number of nitrogens with zero attached hydrogens (tertiary/aromatic N) is 1. The van der Waals surface area contributed by atoms with Crippen molar-refractivity contribution in [1.82, 2.24) is 4.98 Å². The van der Waals surface area contributed by atoms with Crippen LogP contribution in [0.15, 0.2) is 28.5 Å². The molecule has 0 amide bonds. The summed E-state index contributed by atoms with van der Waals surface area (Å²) in [5.41, 5.74) is 1.84. The van der Waals surface area contributed by atoms with E-state index in [4.69, 9.17) is 9.88 Å². The zero-order chi connectivity index (χ0) is 16.8. The Morgan fingerprint density at radius 3 is 2.70 bits per heavy atom. The van der Waals surface area contributed by atoms with E-state index in [9.17, 15) is 17.6 Å². The molecule has 0 atom stereocenters. The van der Waals surface area contributed by atoms with Gasteiger partial charge in [0.05, 0.1) is 0 Å². The topological polar surface area (TPSA) is 99.4 Å². The predicted octanol–water partition coefficient (Wildman–Crippen LogP) is 1.71. The number of hydrogen-bond donors (Lipinski definition) is 1. The molecule has 1 aromatic carbocycles. The first kappa shape index (κ1) is 15.8. The fourth-order valence-corrected chi connectivity index (χ4v) is 3.68. The summed E-state index contributed by atoms with van der Waals surface area (Å²) >= 11 is 1.28. The average molecular weight is 354 g/mol. The number of hydrogen-bond acceptors (Lipinski definition) is 6. The Hall–Kier alpha value is -2.10. The second kappa shape index (κ2) is 5.52. The number of ether oxygens (including phenoxy) is 1. The number of benzene rings is 1. The van der Waals surface area contributed by atoms with Gasteiger partial charge in [-0.1, -0.05) is 6.07 Å². The molecule has 23 heavy (non-hydrogen) atoms. The first-order valence-corrected chi connectivity index (χ1v) is 8.85. The van der Waals surface area contributed by atoms with Crippen molar-refractivity contribution in [3.8, 4) is 0 Å². The van der Waals surface area contributed by atoms with E-state index in [2.05, 4.69) is 4.98 Å². The minimum atomic E-state index is -4.15. The lowest BCUT2D eigenvalue weighted by molar-refractivity contribution is -0.133. The highest BCUT2D eigenvalue weighted by Crippen LogP contribution is 2.35. The fourth-order valence-electron chi connectivity index (χ4n) is 2.24. The van der Waals surface area contributed by atoms with Crippen LogP contribution in [0.4, 0.5) is 4.39 Å². The number of sulfonamides is 1. The maximum Gasteiger partial charge on any atom is 0.341 e.